The van der Waals surface area contributed by atoms with Crippen LogP contribution in [0.4, 0.5) is 13.2 Å². The molecule has 0 aromatic rings. The maximum Gasteiger partial charge on any atom is 0.395 e. The minimum atomic E-state index is -4.21. The molecule has 0 radical (unpaired) electrons. The molecule has 0 aromatic heterocycles. The Balaban J connectivity index is 6.46. The SMILES string of the molecule is CC(C)C(C(C)C)[C@@](C)(C(F)(F)F)C(C)(C(C)C)C(C)C. The van der Waals surface area contributed by atoms with Gasteiger partial charge in [-0.15, -0.1) is 0 Å². The molecule has 0 nitrogen and oxygen atoms in total. The molecule has 0 aliphatic carbocycles. The molecule has 21 heavy (non-hydrogen) atoms. The normalized spacial score (nSPS) is 17.4. The molecule has 0 spiro atoms. The van der Waals surface area contributed by atoms with E-state index in [2.05, 4.69) is 0 Å². The minimum absolute atomic E-state index is 0.00606. The van der Waals surface area contributed by atoms with Gasteiger partial charge in [0.1, 0.15) is 0 Å². The second-order valence-electron chi connectivity index (χ2n) is 8.31. The van der Waals surface area contributed by atoms with Crippen molar-refractivity contribution < 1.29 is 13.2 Å². The van der Waals surface area contributed by atoms with Crippen LogP contribution in [-0.2, 0) is 0 Å². The van der Waals surface area contributed by atoms with Gasteiger partial charge in [-0.3, -0.25) is 0 Å². The van der Waals surface area contributed by atoms with Crippen LogP contribution in [-0.4, -0.2) is 6.18 Å². The minimum Gasteiger partial charge on any atom is -0.170 e. The molecule has 0 N–H and O–H groups in total. The molecule has 0 heterocycles. The number of hydrogen-bond donors (Lipinski definition) is 0. The van der Waals surface area contributed by atoms with E-state index in [1.807, 2.05) is 62.3 Å². The van der Waals surface area contributed by atoms with Gasteiger partial charge in [-0.1, -0.05) is 69.2 Å². The van der Waals surface area contributed by atoms with Crippen molar-refractivity contribution in [2.45, 2.75) is 75.4 Å². The fraction of sp³-hybridized carbons (Fsp3) is 1.00. The summed E-state index contributed by atoms with van der Waals surface area (Å²) in [7, 11) is 0. The first-order valence-electron chi connectivity index (χ1n) is 8.22. The summed E-state index contributed by atoms with van der Waals surface area (Å²) in [6, 6.07) is 0. The lowest BCUT2D eigenvalue weighted by atomic mass is 9.47. The quantitative estimate of drug-likeness (QED) is 0.506. The lowest BCUT2D eigenvalue weighted by Gasteiger charge is -2.58. The number of rotatable bonds is 6. The Morgan fingerprint density at radius 2 is 0.905 bits per heavy atom. The van der Waals surface area contributed by atoms with Crippen molar-refractivity contribution in [3.05, 3.63) is 0 Å². The Morgan fingerprint density at radius 1 is 0.619 bits per heavy atom. The Morgan fingerprint density at radius 3 is 1.05 bits per heavy atom. The summed E-state index contributed by atoms with van der Waals surface area (Å²) in [6.45, 7) is 18.7. The van der Waals surface area contributed by atoms with Gasteiger partial charge in [0.15, 0.2) is 0 Å². The standard InChI is InChI=1S/C18H35F3/c1-11(2)15(12(3)4)17(10,18(19,20)21)16(9,13(5)6)14(7)8/h11-15H,1-10H3/t17-/m1/s1. The predicted molar refractivity (Wildman–Crippen MR) is 85.1 cm³/mol. The van der Waals surface area contributed by atoms with Crippen LogP contribution in [0.2, 0.25) is 0 Å². The first-order valence-corrected chi connectivity index (χ1v) is 8.22. The van der Waals surface area contributed by atoms with Gasteiger partial charge in [-0.05, 0) is 35.0 Å². The Bertz CT molecular complexity index is 310. The molecule has 0 bridgehead atoms. The molecule has 0 unspecified atom stereocenters. The Hall–Kier alpha value is -0.210. The third kappa shape index (κ3) is 3.27. The summed E-state index contributed by atoms with van der Waals surface area (Å²) in [5, 5.41) is 0. The molecule has 128 valence electrons. The lowest BCUT2D eigenvalue weighted by Crippen LogP contribution is -2.60. The van der Waals surface area contributed by atoms with Crippen molar-refractivity contribution in [2.24, 2.45) is 40.4 Å². The molecular formula is C18H35F3. The van der Waals surface area contributed by atoms with Gasteiger partial charge >= 0.3 is 6.18 Å². The highest BCUT2D eigenvalue weighted by molar-refractivity contribution is 5.05. The van der Waals surface area contributed by atoms with E-state index in [0.29, 0.717) is 0 Å². The van der Waals surface area contributed by atoms with Crippen LogP contribution in [0.25, 0.3) is 0 Å². The number of halogens is 3. The molecule has 0 aliphatic rings. The summed E-state index contributed by atoms with van der Waals surface area (Å²) in [6.07, 6.45) is -4.21. The first-order chi connectivity index (χ1) is 9.15. The molecule has 0 aliphatic heterocycles. The van der Waals surface area contributed by atoms with Gasteiger partial charge < -0.3 is 0 Å². The van der Waals surface area contributed by atoms with Crippen LogP contribution >= 0.6 is 0 Å². The highest BCUT2D eigenvalue weighted by atomic mass is 19.4. The van der Waals surface area contributed by atoms with Crippen molar-refractivity contribution >= 4 is 0 Å². The zero-order valence-corrected chi connectivity index (χ0v) is 15.5. The van der Waals surface area contributed by atoms with Crippen LogP contribution in [0, 0.1) is 40.4 Å². The topological polar surface area (TPSA) is 0 Å². The van der Waals surface area contributed by atoms with E-state index in [9.17, 15) is 13.2 Å². The molecular weight excluding hydrogens is 273 g/mol. The molecule has 3 heteroatoms. The second kappa shape index (κ2) is 6.50. The fourth-order valence-corrected chi connectivity index (χ4v) is 4.82. The molecule has 1 atom stereocenters. The van der Waals surface area contributed by atoms with Crippen LogP contribution in [0.3, 0.4) is 0 Å². The van der Waals surface area contributed by atoms with Crippen molar-refractivity contribution in [2.75, 3.05) is 0 Å². The number of alkyl halides is 3. The van der Waals surface area contributed by atoms with Crippen molar-refractivity contribution in [1.82, 2.24) is 0 Å². The van der Waals surface area contributed by atoms with E-state index in [1.54, 1.807) is 0 Å². The van der Waals surface area contributed by atoms with E-state index >= 15 is 0 Å². The van der Waals surface area contributed by atoms with E-state index in [-0.39, 0.29) is 23.7 Å². The fourth-order valence-electron chi connectivity index (χ4n) is 4.82. The van der Waals surface area contributed by atoms with Gasteiger partial charge in [-0.25, -0.2) is 0 Å². The molecule has 0 fully saturated rings. The van der Waals surface area contributed by atoms with Gasteiger partial charge in [0.05, 0.1) is 5.41 Å². The van der Waals surface area contributed by atoms with Crippen LogP contribution in [0.15, 0.2) is 0 Å². The third-order valence-corrected chi connectivity index (χ3v) is 6.21. The van der Waals surface area contributed by atoms with Gasteiger partial charge in [0.2, 0.25) is 0 Å². The van der Waals surface area contributed by atoms with Crippen LogP contribution in [0.1, 0.15) is 69.2 Å². The van der Waals surface area contributed by atoms with E-state index in [4.69, 9.17) is 0 Å². The smallest absolute Gasteiger partial charge is 0.170 e. The lowest BCUT2D eigenvalue weighted by molar-refractivity contribution is -0.304. The zero-order valence-electron chi connectivity index (χ0n) is 15.5. The van der Waals surface area contributed by atoms with Crippen molar-refractivity contribution in [3.8, 4) is 0 Å². The summed E-state index contributed by atoms with van der Waals surface area (Å²) >= 11 is 0. The zero-order chi connectivity index (χ0) is 17.4. The largest absolute Gasteiger partial charge is 0.395 e. The Labute approximate surface area is 129 Å². The third-order valence-electron chi connectivity index (χ3n) is 6.21. The second-order valence-corrected chi connectivity index (χ2v) is 8.31. The monoisotopic (exact) mass is 308 g/mol. The van der Waals surface area contributed by atoms with Crippen LogP contribution < -0.4 is 0 Å². The van der Waals surface area contributed by atoms with Crippen molar-refractivity contribution in [1.29, 1.82) is 0 Å². The highest BCUT2D eigenvalue weighted by Gasteiger charge is 2.67. The number of hydrogen-bond acceptors (Lipinski definition) is 0. The molecule has 0 saturated heterocycles. The maximum absolute atomic E-state index is 14.3. The first kappa shape index (κ1) is 20.8. The average molecular weight is 308 g/mol. The summed E-state index contributed by atoms with van der Waals surface area (Å²) in [5.74, 6) is -0.484. The molecule has 0 aromatic carbocycles. The predicted octanol–water partition coefficient (Wildman–Crippen LogP) is 6.80. The van der Waals surface area contributed by atoms with Crippen molar-refractivity contribution in [3.63, 3.8) is 0 Å². The highest BCUT2D eigenvalue weighted by Crippen LogP contribution is 2.64. The average Bonchev–Trinajstić information content (AvgIpc) is 2.23. The van der Waals surface area contributed by atoms with Gasteiger partial charge in [-0.2, -0.15) is 13.2 Å². The summed E-state index contributed by atoms with van der Waals surface area (Å²) < 4.78 is 42.9. The Kier molecular flexibility index (Phi) is 6.43. The van der Waals surface area contributed by atoms with E-state index < -0.39 is 22.9 Å². The molecule has 0 rings (SSSR count). The van der Waals surface area contributed by atoms with Gasteiger partial charge in [0.25, 0.3) is 0 Å². The van der Waals surface area contributed by atoms with E-state index in [0.717, 1.165) is 0 Å². The van der Waals surface area contributed by atoms with Crippen LogP contribution in [0.5, 0.6) is 0 Å². The molecule has 0 amide bonds. The van der Waals surface area contributed by atoms with E-state index in [1.165, 1.54) is 6.92 Å². The molecule has 0 saturated carbocycles. The summed E-state index contributed by atoms with van der Waals surface area (Å²) in [5.41, 5.74) is -2.50. The summed E-state index contributed by atoms with van der Waals surface area (Å²) in [4.78, 5) is 0. The maximum atomic E-state index is 14.3. The van der Waals surface area contributed by atoms with Gasteiger partial charge in [0, 0.05) is 0 Å².